The molecule has 1 amide bonds. The number of carbonyl (C=O) groups excluding carboxylic acids is 1. The second kappa shape index (κ2) is 5.01. The van der Waals surface area contributed by atoms with Gasteiger partial charge in [0.25, 0.3) is 0 Å². The number of likely N-dealkylation sites (tertiary alicyclic amines) is 1. The summed E-state index contributed by atoms with van der Waals surface area (Å²) in [6.45, 7) is 2.03. The number of piperidine rings is 1. The summed E-state index contributed by atoms with van der Waals surface area (Å²) >= 11 is 0. The summed E-state index contributed by atoms with van der Waals surface area (Å²) in [5.74, 6) is 3.51. The molecule has 2 N–H and O–H groups in total. The Balaban J connectivity index is 1.44. The molecule has 1 saturated heterocycles. The first kappa shape index (κ1) is 13.1. The van der Waals surface area contributed by atoms with Gasteiger partial charge in [-0.15, -0.1) is 0 Å². The summed E-state index contributed by atoms with van der Waals surface area (Å²) in [6.07, 6.45) is 10.5. The number of amides is 1. The minimum atomic E-state index is 0.158. The van der Waals surface area contributed by atoms with E-state index in [1.54, 1.807) is 0 Å². The number of hydrogen-bond donors (Lipinski definition) is 1. The molecule has 2 bridgehead atoms. The third-order valence-corrected chi connectivity index (χ3v) is 6.87. The van der Waals surface area contributed by atoms with Crippen molar-refractivity contribution in [1.29, 1.82) is 0 Å². The minimum Gasteiger partial charge on any atom is -0.342 e. The highest BCUT2D eigenvalue weighted by Gasteiger charge is 2.50. The van der Waals surface area contributed by atoms with Gasteiger partial charge in [-0.1, -0.05) is 19.3 Å². The highest BCUT2D eigenvalue weighted by molar-refractivity contribution is 5.80. The lowest BCUT2D eigenvalue weighted by molar-refractivity contribution is -0.141. The molecule has 0 radical (unpaired) electrons. The molecular formula is C17H28N2O. The molecule has 20 heavy (non-hydrogen) atoms. The molecule has 1 aliphatic heterocycles. The number of fused-ring (bicyclic) bond motifs is 3. The molecule has 112 valence electrons. The van der Waals surface area contributed by atoms with Gasteiger partial charge < -0.3 is 10.6 Å². The van der Waals surface area contributed by atoms with Gasteiger partial charge in [-0.25, -0.2) is 0 Å². The van der Waals surface area contributed by atoms with E-state index in [0.717, 1.165) is 24.9 Å². The van der Waals surface area contributed by atoms with E-state index in [0.29, 0.717) is 17.7 Å². The molecule has 4 aliphatic rings. The Bertz CT molecular complexity index is 394. The molecule has 6 unspecified atom stereocenters. The molecule has 3 aliphatic carbocycles. The zero-order valence-corrected chi connectivity index (χ0v) is 12.5. The topological polar surface area (TPSA) is 46.3 Å². The number of nitrogens with zero attached hydrogens (tertiary/aromatic N) is 1. The van der Waals surface area contributed by atoms with Crippen molar-refractivity contribution < 1.29 is 4.79 Å². The van der Waals surface area contributed by atoms with Gasteiger partial charge in [-0.3, -0.25) is 4.79 Å². The van der Waals surface area contributed by atoms with Crippen LogP contribution in [0.15, 0.2) is 0 Å². The van der Waals surface area contributed by atoms with Crippen molar-refractivity contribution in [2.75, 3.05) is 13.1 Å². The molecule has 1 heterocycles. The average molecular weight is 276 g/mol. The number of hydrogen-bond acceptors (Lipinski definition) is 2. The van der Waals surface area contributed by atoms with Crippen molar-refractivity contribution >= 4 is 5.91 Å². The summed E-state index contributed by atoms with van der Waals surface area (Å²) in [5.41, 5.74) is 6.36. The average Bonchev–Trinajstić information content (AvgIpc) is 3.07. The Morgan fingerprint density at radius 1 is 0.900 bits per heavy atom. The van der Waals surface area contributed by atoms with Crippen LogP contribution in [0.4, 0.5) is 0 Å². The third kappa shape index (κ3) is 2.01. The monoisotopic (exact) mass is 276 g/mol. The van der Waals surface area contributed by atoms with Crippen LogP contribution in [0.2, 0.25) is 0 Å². The van der Waals surface area contributed by atoms with E-state index in [9.17, 15) is 4.79 Å². The van der Waals surface area contributed by atoms with Crippen LogP contribution in [0.1, 0.15) is 51.4 Å². The summed E-state index contributed by atoms with van der Waals surface area (Å²) < 4.78 is 0. The fourth-order valence-electron chi connectivity index (χ4n) is 5.71. The molecule has 4 rings (SSSR count). The highest BCUT2D eigenvalue weighted by Crippen LogP contribution is 2.48. The number of nitrogens with two attached hydrogens (primary N) is 1. The lowest BCUT2D eigenvalue weighted by Crippen LogP contribution is -2.51. The molecule has 0 spiro atoms. The zero-order valence-electron chi connectivity index (χ0n) is 12.5. The molecular weight excluding hydrogens is 248 g/mol. The Kier molecular flexibility index (Phi) is 3.29. The van der Waals surface area contributed by atoms with E-state index >= 15 is 0 Å². The summed E-state index contributed by atoms with van der Waals surface area (Å²) in [6, 6.07) is 0.158. The largest absolute Gasteiger partial charge is 0.342 e. The Hall–Kier alpha value is -0.570. The van der Waals surface area contributed by atoms with Crippen LogP contribution >= 0.6 is 0 Å². The van der Waals surface area contributed by atoms with Crippen LogP contribution in [0.3, 0.4) is 0 Å². The van der Waals surface area contributed by atoms with Crippen LogP contribution in [-0.4, -0.2) is 29.9 Å². The van der Waals surface area contributed by atoms with Gasteiger partial charge in [0.1, 0.15) is 0 Å². The van der Waals surface area contributed by atoms with E-state index < -0.39 is 0 Å². The normalized spacial score (nSPS) is 47.4. The summed E-state index contributed by atoms with van der Waals surface area (Å²) in [5, 5.41) is 0. The molecule has 6 atom stereocenters. The molecule has 0 aromatic heterocycles. The Labute approximate surface area is 122 Å². The van der Waals surface area contributed by atoms with Crippen molar-refractivity contribution in [2.45, 2.75) is 57.4 Å². The SMILES string of the molecule is NC1C2CCC(C2)C1C(=O)N1CCC2CCCCC2C1. The van der Waals surface area contributed by atoms with E-state index in [-0.39, 0.29) is 12.0 Å². The predicted molar refractivity (Wildman–Crippen MR) is 78.9 cm³/mol. The first-order valence-corrected chi connectivity index (χ1v) is 8.78. The molecule has 3 nitrogen and oxygen atoms in total. The number of rotatable bonds is 1. The summed E-state index contributed by atoms with van der Waals surface area (Å²) in [4.78, 5) is 15.1. The molecule has 0 aromatic rings. The lowest BCUT2D eigenvalue weighted by Gasteiger charge is -2.43. The fraction of sp³-hybridized carbons (Fsp3) is 0.941. The van der Waals surface area contributed by atoms with E-state index in [1.807, 2.05) is 0 Å². The molecule has 3 heteroatoms. The smallest absolute Gasteiger partial charge is 0.227 e. The van der Waals surface area contributed by atoms with Gasteiger partial charge in [0, 0.05) is 19.1 Å². The van der Waals surface area contributed by atoms with Crippen LogP contribution in [0, 0.1) is 29.6 Å². The Morgan fingerprint density at radius 3 is 2.40 bits per heavy atom. The minimum absolute atomic E-state index is 0.158. The maximum absolute atomic E-state index is 12.9. The molecule has 0 aromatic carbocycles. The second-order valence-corrected chi connectivity index (χ2v) is 7.81. The lowest BCUT2D eigenvalue weighted by atomic mass is 9.74. The van der Waals surface area contributed by atoms with Crippen molar-refractivity contribution in [3.8, 4) is 0 Å². The van der Waals surface area contributed by atoms with Gasteiger partial charge in [0.2, 0.25) is 5.91 Å². The second-order valence-electron chi connectivity index (χ2n) is 7.81. The standard InChI is InChI=1S/C17H28N2O/c18-16-13-6-5-12(9-13)15(16)17(20)19-8-7-11-3-1-2-4-14(11)10-19/h11-16H,1-10,18H2. The summed E-state index contributed by atoms with van der Waals surface area (Å²) in [7, 11) is 0. The van der Waals surface area contributed by atoms with Gasteiger partial charge >= 0.3 is 0 Å². The van der Waals surface area contributed by atoms with E-state index in [1.165, 1.54) is 51.4 Å². The fourth-order valence-corrected chi connectivity index (χ4v) is 5.71. The predicted octanol–water partition coefficient (Wildman–Crippen LogP) is 2.40. The first-order chi connectivity index (χ1) is 9.74. The van der Waals surface area contributed by atoms with Crippen molar-refractivity contribution in [1.82, 2.24) is 4.90 Å². The Morgan fingerprint density at radius 2 is 1.65 bits per heavy atom. The van der Waals surface area contributed by atoms with Gasteiger partial charge in [0.05, 0.1) is 5.92 Å². The van der Waals surface area contributed by atoms with Crippen LogP contribution in [0.5, 0.6) is 0 Å². The van der Waals surface area contributed by atoms with Crippen molar-refractivity contribution in [3.05, 3.63) is 0 Å². The molecule has 4 fully saturated rings. The maximum atomic E-state index is 12.9. The van der Waals surface area contributed by atoms with Crippen LogP contribution < -0.4 is 5.73 Å². The molecule has 3 saturated carbocycles. The quantitative estimate of drug-likeness (QED) is 0.799. The van der Waals surface area contributed by atoms with E-state index in [2.05, 4.69) is 4.90 Å². The van der Waals surface area contributed by atoms with Crippen molar-refractivity contribution in [3.63, 3.8) is 0 Å². The van der Waals surface area contributed by atoms with Crippen LogP contribution in [-0.2, 0) is 4.79 Å². The van der Waals surface area contributed by atoms with Gasteiger partial charge in [0.15, 0.2) is 0 Å². The van der Waals surface area contributed by atoms with Crippen LogP contribution in [0.25, 0.3) is 0 Å². The highest BCUT2D eigenvalue weighted by atomic mass is 16.2. The number of carbonyl (C=O) groups is 1. The van der Waals surface area contributed by atoms with Gasteiger partial charge in [-0.05, 0) is 55.8 Å². The first-order valence-electron chi connectivity index (χ1n) is 8.78. The maximum Gasteiger partial charge on any atom is 0.227 e. The third-order valence-electron chi connectivity index (χ3n) is 6.87. The van der Waals surface area contributed by atoms with Crippen molar-refractivity contribution in [2.24, 2.45) is 35.3 Å². The van der Waals surface area contributed by atoms with E-state index in [4.69, 9.17) is 5.73 Å². The van der Waals surface area contributed by atoms with Gasteiger partial charge in [-0.2, -0.15) is 0 Å². The zero-order chi connectivity index (χ0) is 13.7.